The van der Waals surface area contributed by atoms with Crippen LogP contribution in [0.1, 0.15) is 0 Å². The molecule has 0 atom stereocenters. The first-order chi connectivity index (χ1) is 3.64. The molecule has 0 unspecified atom stereocenters. The first-order valence-corrected chi connectivity index (χ1v) is 1.40. The fourth-order valence-electron chi connectivity index (χ4n) is 0. The van der Waals surface area contributed by atoms with E-state index in [-0.39, 0.29) is 115 Å². The number of nitrogens with two attached hydrogens (primary N) is 2. The van der Waals surface area contributed by atoms with Gasteiger partial charge in [-0.25, -0.2) is 0 Å². The number of carbonyl (C=O) groups excluding carboxylic acids is 2. The van der Waals surface area contributed by atoms with Gasteiger partial charge in [0.05, 0.1) is 11.9 Å². The van der Waals surface area contributed by atoms with Gasteiger partial charge in [-0.3, -0.25) is 11.7 Å². The quantitative estimate of drug-likeness (QED) is 0.185. The third-order valence-electron chi connectivity index (χ3n) is 0.167. The van der Waals surface area contributed by atoms with E-state index in [1.165, 1.54) is 0 Å². The second-order valence-corrected chi connectivity index (χ2v) is 0.575. The van der Waals surface area contributed by atoms with E-state index in [2.05, 4.69) is 11.7 Å². The van der Waals surface area contributed by atoms with E-state index >= 15 is 0 Å². The Labute approximate surface area is 155 Å². The molecule has 0 amide bonds. The molecular weight excluding hydrogens is 230 g/mol. The van der Waals surface area contributed by atoms with Gasteiger partial charge < -0.3 is 19.8 Å². The Morgan fingerprint density at radius 3 is 1.00 bits per heavy atom. The molecule has 0 rings (SSSR count). The molecule has 0 spiro atoms. The molecule has 4 N–H and O–H groups in total. The van der Waals surface area contributed by atoms with Crippen molar-refractivity contribution in [3.63, 3.8) is 0 Å². The summed E-state index contributed by atoms with van der Waals surface area (Å²) < 4.78 is 0. The molecule has 0 radical (unpaired) electrons. The summed E-state index contributed by atoms with van der Waals surface area (Å²) in [4.78, 5) is 17.9. The van der Waals surface area contributed by atoms with Crippen LogP contribution in [-0.2, 0) is 9.59 Å². The number of aliphatic carboxylic acids is 2. The maximum Gasteiger partial charge on any atom is 1.00 e. The van der Waals surface area contributed by atoms with Crippen LogP contribution in [0.15, 0.2) is 0 Å². The standard InChI is InChI=1S/C2H2O4.ClH.2K.H4N2/c3-1(4)2(5)6;;;;1-2/h(H,3,4)(H,5,6);1H;;;1-2H2/q;;2*+1;/p-2. The zero-order chi connectivity index (χ0) is 7.15. The van der Waals surface area contributed by atoms with E-state index in [9.17, 15) is 0 Å². The summed E-state index contributed by atoms with van der Waals surface area (Å²) in [7, 11) is 0. The van der Waals surface area contributed by atoms with Crippen LogP contribution in [0, 0.1) is 0 Å². The maximum atomic E-state index is 8.93. The fraction of sp³-hybridized carbons (Fsp3) is 0. The number of carboxylic acid groups (broad SMARTS) is 2. The summed E-state index contributed by atoms with van der Waals surface area (Å²) in [6.07, 6.45) is 0. The van der Waals surface area contributed by atoms with Crippen LogP contribution >= 0.6 is 12.4 Å². The molecule has 0 bridgehead atoms. The van der Waals surface area contributed by atoms with Crippen LogP contribution in [-0.4, -0.2) is 11.9 Å². The van der Waals surface area contributed by atoms with E-state index in [1.54, 1.807) is 0 Å². The molecule has 0 fully saturated rings. The van der Waals surface area contributed by atoms with Crippen molar-refractivity contribution in [1.29, 1.82) is 0 Å². The Morgan fingerprint density at radius 1 is 0.909 bits per heavy atom. The molecule has 0 saturated heterocycles. The molecule has 6 nitrogen and oxygen atoms in total. The predicted octanol–water partition coefficient (Wildman–Crippen LogP) is -10.3. The number of hydrazine groups is 1. The van der Waals surface area contributed by atoms with Gasteiger partial charge in [-0.1, -0.05) is 0 Å². The van der Waals surface area contributed by atoms with Crippen molar-refractivity contribution in [1.82, 2.24) is 0 Å². The van der Waals surface area contributed by atoms with Gasteiger partial charge in [0, 0.05) is 0 Å². The van der Waals surface area contributed by atoms with Crippen molar-refractivity contribution in [2.24, 2.45) is 11.7 Å². The van der Waals surface area contributed by atoms with Crippen LogP contribution in [0.2, 0.25) is 0 Å². The molecule has 0 aromatic rings. The average molecular weight is 235 g/mol. The van der Waals surface area contributed by atoms with Gasteiger partial charge in [0.2, 0.25) is 0 Å². The number of hydrogen-bond donors (Lipinski definition) is 2. The van der Waals surface area contributed by atoms with Crippen LogP contribution in [0.4, 0.5) is 0 Å². The Kier molecular flexibility index (Phi) is 60.6. The van der Waals surface area contributed by atoms with Gasteiger partial charge in [0.15, 0.2) is 0 Å². The third-order valence-corrected chi connectivity index (χ3v) is 0.167. The minimum Gasteiger partial charge on any atom is -0.543 e. The molecule has 0 aliphatic carbocycles. The number of halogens is 1. The molecule has 9 heteroatoms. The zero-order valence-corrected chi connectivity index (χ0v) is 13.3. The summed E-state index contributed by atoms with van der Waals surface area (Å²) in [6.45, 7) is 0. The number of rotatable bonds is 0. The van der Waals surface area contributed by atoms with Gasteiger partial charge >= 0.3 is 103 Å². The van der Waals surface area contributed by atoms with Crippen molar-refractivity contribution in [3.8, 4) is 0 Å². The van der Waals surface area contributed by atoms with E-state index in [4.69, 9.17) is 19.8 Å². The molecular formula is C2H5ClK2N2O4. The van der Waals surface area contributed by atoms with E-state index in [1.807, 2.05) is 0 Å². The van der Waals surface area contributed by atoms with E-state index < -0.39 is 11.9 Å². The van der Waals surface area contributed by atoms with Crippen molar-refractivity contribution < 1.29 is 123 Å². The Morgan fingerprint density at radius 2 is 1.00 bits per heavy atom. The summed E-state index contributed by atoms with van der Waals surface area (Å²) >= 11 is 0. The predicted molar refractivity (Wildman–Crippen MR) is 25.6 cm³/mol. The Balaban J connectivity index is -0.0000000222. The van der Waals surface area contributed by atoms with Gasteiger partial charge in [0.1, 0.15) is 0 Å². The number of hydrogen-bond acceptors (Lipinski definition) is 6. The fourth-order valence-corrected chi connectivity index (χ4v) is 0. The van der Waals surface area contributed by atoms with Crippen molar-refractivity contribution in [2.45, 2.75) is 0 Å². The second-order valence-electron chi connectivity index (χ2n) is 0.575. The zero-order valence-electron chi connectivity index (χ0n) is 6.20. The SMILES string of the molecule is Cl.NN.O=C([O-])C(=O)[O-].[K+].[K+]. The van der Waals surface area contributed by atoms with Gasteiger partial charge in [-0.05, 0) is 0 Å². The normalized spacial score (nSPS) is 4.55. The summed E-state index contributed by atoms with van der Waals surface area (Å²) in [5.74, 6) is 3.63. The van der Waals surface area contributed by atoms with Crippen LogP contribution < -0.4 is 125 Å². The van der Waals surface area contributed by atoms with E-state index in [0.29, 0.717) is 0 Å². The molecule has 0 saturated carbocycles. The van der Waals surface area contributed by atoms with Gasteiger partial charge in [-0.15, -0.1) is 12.4 Å². The monoisotopic (exact) mass is 234 g/mol. The molecule has 0 aromatic carbocycles. The van der Waals surface area contributed by atoms with Crippen LogP contribution in [0.25, 0.3) is 0 Å². The minimum atomic E-state index is -2.19. The van der Waals surface area contributed by atoms with Crippen LogP contribution in [0.3, 0.4) is 0 Å². The van der Waals surface area contributed by atoms with Crippen LogP contribution in [0.5, 0.6) is 0 Å². The Bertz CT molecular complexity index is 90.1. The molecule has 0 heterocycles. The first kappa shape index (κ1) is 29.2. The molecule has 56 valence electrons. The van der Waals surface area contributed by atoms with Crippen molar-refractivity contribution >= 4 is 24.3 Å². The second kappa shape index (κ2) is 22.8. The number of carboxylic acids is 2. The van der Waals surface area contributed by atoms with Crippen molar-refractivity contribution in [2.75, 3.05) is 0 Å². The largest absolute Gasteiger partial charge is 1.00 e. The Hall–Kier alpha value is 2.42. The summed E-state index contributed by atoms with van der Waals surface area (Å²) in [5.41, 5.74) is 0. The van der Waals surface area contributed by atoms with Gasteiger partial charge in [-0.2, -0.15) is 0 Å². The first-order valence-electron chi connectivity index (χ1n) is 1.40. The number of carbonyl (C=O) groups is 2. The molecule has 0 aliphatic heterocycles. The molecule has 11 heavy (non-hydrogen) atoms. The molecule has 0 aliphatic rings. The molecule has 0 aromatic heterocycles. The van der Waals surface area contributed by atoms with Crippen molar-refractivity contribution in [3.05, 3.63) is 0 Å². The van der Waals surface area contributed by atoms with Gasteiger partial charge in [0.25, 0.3) is 0 Å². The summed E-state index contributed by atoms with van der Waals surface area (Å²) in [6, 6.07) is 0. The summed E-state index contributed by atoms with van der Waals surface area (Å²) in [5, 5.41) is 17.9. The topological polar surface area (TPSA) is 132 Å². The maximum absolute atomic E-state index is 8.93. The smallest absolute Gasteiger partial charge is 0.543 e. The average Bonchev–Trinajstić information content (AvgIpc) is 1.72. The minimum absolute atomic E-state index is 0. The third kappa shape index (κ3) is 32.7. The van der Waals surface area contributed by atoms with E-state index in [0.717, 1.165) is 0 Å².